The van der Waals surface area contributed by atoms with E-state index < -0.39 is 12.1 Å². The summed E-state index contributed by atoms with van der Waals surface area (Å²) in [5.74, 6) is -0.0658. The number of hydrogen-bond donors (Lipinski definition) is 3. The van der Waals surface area contributed by atoms with Gasteiger partial charge in [0.15, 0.2) is 0 Å². The van der Waals surface area contributed by atoms with Crippen LogP contribution in [-0.2, 0) is 14.3 Å². The zero-order valence-corrected chi connectivity index (χ0v) is 49.8. The normalized spacial score (nSPS) is 12.8. The molecule has 6 heteroatoms. The van der Waals surface area contributed by atoms with E-state index in [1.807, 2.05) is 6.08 Å². The molecule has 2 atom stereocenters. The van der Waals surface area contributed by atoms with Crippen molar-refractivity contribution in [3.63, 3.8) is 0 Å². The summed E-state index contributed by atoms with van der Waals surface area (Å²) in [6, 6.07) is -0.632. The van der Waals surface area contributed by atoms with E-state index in [9.17, 15) is 19.8 Å². The summed E-state index contributed by atoms with van der Waals surface area (Å²) in [6.07, 6.45) is 80.5. The minimum atomic E-state index is -0.849. The molecule has 0 spiro atoms. The second-order valence-corrected chi connectivity index (χ2v) is 22.8. The number of aliphatic hydroxyl groups is 2. The van der Waals surface area contributed by atoms with Crippen molar-refractivity contribution >= 4 is 11.9 Å². The monoisotopic (exact) mass is 1040 g/mol. The maximum Gasteiger partial charge on any atom is 0.305 e. The Kier molecular flexibility index (Phi) is 62.0. The van der Waals surface area contributed by atoms with Gasteiger partial charge in [0.2, 0.25) is 5.91 Å². The average Bonchev–Trinajstić information content (AvgIpc) is 3.40. The van der Waals surface area contributed by atoms with Gasteiger partial charge in [-0.2, -0.15) is 0 Å². The Morgan fingerprint density at radius 1 is 0.378 bits per heavy atom. The zero-order chi connectivity index (χ0) is 53.6. The number of ether oxygens (including phenoxy) is 1. The van der Waals surface area contributed by atoms with Crippen LogP contribution in [0.15, 0.2) is 36.5 Å². The molecule has 0 aromatic rings. The smallest absolute Gasteiger partial charge is 0.305 e. The van der Waals surface area contributed by atoms with Gasteiger partial charge in [0.05, 0.1) is 25.4 Å². The van der Waals surface area contributed by atoms with Gasteiger partial charge in [0, 0.05) is 12.8 Å². The number of carbonyl (C=O) groups excluding carboxylic acids is 2. The van der Waals surface area contributed by atoms with Gasteiger partial charge in [-0.15, -0.1) is 0 Å². The summed E-state index contributed by atoms with van der Waals surface area (Å²) in [5, 5.41) is 23.2. The average molecular weight is 1040 g/mol. The van der Waals surface area contributed by atoms with Crippen LogP contribution in [0.3, 0.4) is 0 Å². The fraction of sp³-hybridized carbons (Fsp3) is 0.882. The summed E-state index contributed by atoms with van der Waals surface area (Å²) >= 11 is 0. The first-order valence-electron chi connectivity index (χ1n) is 33.3. The van der Waals surface area contributed by atoms with Crippen LogP contribution in [0, 0.1) is 0 Å². The second kappa shape index (κ2) is 63.6. The molecule has 0 aromatic heterocycles. The molecule has 0 saturated carbocycles. The van der Waals surface area contributed by atoms with Gasteiger partial charge in [0.25, 0.3) is 0 Å². The zero-order valence-electron chi connectivity index (χ0n) is 49.8. The van der Waals surface area contributed by atoms with Gasteiger partial charge in [-0.1, -0.05) is 320 Å². The van der Waals surface area contributed by atoms with Gasteiger partial charge >= 0.3 is 5.97 Å². The van der Waals surface area contributed by atoms with Crippen molar-refractivity contribution in [3.05, 3.63) is 36.5 Å². The van der Waals surface area contributed by atoms with Gasteiger partial charge in [-0.05, 0) is 64.2 Å². The van der Waals surface area contributed by atoms with E-state index in [1.54, 1.807) is 6.08 Å². The quantitative estimate of drug-likeness (QED) is 0.0320. The summed E-state index contributed by atoms with van der Waals surface area (Å²) in [7, 11) is 0. The lowest BCUT2D eigenvalue weighted by Gasteiger charge is -2.20. The van der Waals surface area contributed by atoms with Crippen molar-refractivity contribution in [2.45, 2.75) is 373 Å². The molecule has 0 aromatic carbocycles. The standard InChI is InChI=1S/C68H129NO5/c1-3-5-7-9-11-13-15-17-19-21-23-25-28-32-36-40-44-48-52-56-60-66(71)65(64-70)69-67(72)61-57-53-49-45-41-37-33-29-26-27-31-35-39-43-47-51-55-59-63-74-68(73)62-58-54-50-46-42-38-34-30-24-22-20-18-16-14-12-10-8-6-4-2/h12,14,18,20,56,60,65-66,70-71H,3-11,13,15-17,19,21-55,57-59,61-64H2,1-2H3,(H,69,72)/b14-12-,20-18-,60-56+. The van der Waals surface area contributed by atoms with Crippen molar-refractivity contribution in [1.29, 1.82) is 0 Å². The molecule has 74 heavy (non-hydrogen) atoms. The highest BCUT2D eigenvalue weighted by atomic mass is 16.5. The number of rotatable bonds is 62. The van der Waals surface area contributed by atoms with Crippen LogP contribution in [0.4, 0.5) is 0 Å². The fourth-order valence-corrected chi connectivity index (χ4v) is 10.3. The fourth-order valence-electron chi connectivity index (χ4n) is 10.3. The molecule has 1 amide bonds. The number of allylic oxidation sites excluding steroid dienone is 5. The summed E-state index contributed by atoms with van der Waals surface area (Å²) in [4.78, 5) is 24.6. The molecule has 3 N–H and O–H groups in total. The van der Waals surface area contributed by atoms with Crippen LogP contribution < -0.4 is 5.32 Å². The first kappa shape index (κ1) is 72.1. The number of amides is 1. The topological polar surface area (TPSA) is 95.9 Å². The number of esters is 1. The summed E-state index contributed by atoms with van der Waals surface area (Å²) in [5.41, 5.74) is 0. The van der Waals surface area contributed by atoms with Crippen LogP contribution in [0.25, 0.3) is 0 Å². The number of aliphatic hydroxyl groups excluding tert-OH is 2. The Labute approximate surface area is 462 Å². The lowest BCUT2D eigenvalue weighted by atomic mass is 10.0. The van der Waals surface area contributed by atoms with E-state index >= 15 is 0 Å². The highest BCUT2D eigenvalue weighted by Gasteiger charge is 2.18. The van der Waals surface area contributed by atoms with Gasteiger partial charge in [0.1, 0.15) is 0 Å². The predicted octanol–water partition coefficient (Wildman–Crippen LogP) is 21.1. The lowest BCUT2D eigenvalue weighted by Crippen LogP contribution is -2.45. The molecule has 0 bridgehead atoms. The van der Waals surface area contributed by atoms with Gasteiger partial charge < -0.3 is 20.3 Å². The number of hydrogen-bond acceptors (Lipinski definition) is 5. The Morgan fingerprint density at radius 2 is 0.676 bits per heavy atom. The second-order valence-electron chi connectivity index (χ2n) is 22.8. The molecular formula is C68H129NO5. The molecule has 0 heterocycles. The molecule has 6 nitrogen and oxygen atoms in total. The third kappa shape index (κ3) is 59.3. The third-order valence-corrected chi connectivity index (χ3v) is 15.4. The molecule has 436 valence electrons. The molecule has 0 saturated heterocycles. The SMILES string of the molecule is CCCCC/C=C\C/C=C\CCCCCCCCCCCC(=O)OCCCCCCCCCCCCCCCCCCCCC(=O)NC(CO)C(O)/C=C/CCCCCCCCCCCCCCCCCCCC. The van der Waals surface area contributed by atoms with Crippen LogP contribution >= 0.6 is 0 Å². The largest absolute Gasteiger partial charge is 0.466 e. The van der Waals surface area contributed by atoms with E-state index in [-0.39, 0.29) is 18.5 Å². The molecule has 2 unspecified atom stereocenters. The molecular weight excluding hydrogens is 911 g/mol. The molecule has 0 radical (unpaired) electrons. The van der Waals surface area contributed by atoms with Crippen LogP contribution in [0.1, 0.15) is 361 Å². The number of nitrogens with one attached hydrogen (secondary N) is 1. The van der Waals surface area contributed by atoms with Crippen molar-refractivity contribution in [2.75, 3.05) is 13.2 Å². The van der Waals surface area contributed by atoms with Crippen LogP contribution in [0.2, 0.25) is 0 Å². The molecule has 0 rings (SSSR count). The van der Waals surface area contributed by atoms with E-state index in [1.165, 1.54) is 283 Å². The Morgan fingerprint density at radius 3 is 1.05 bits per heavy atom. The molecule has 0 aliphatic rings. The minimum absolute atomic E-state index is 0.00326. The molecule has 0 fully saturated rings. The van der Waals surface area contributed by atoms with Gasteiger partial charge in [-0.25, -0.2) is 0 Å². The Hall–Kier alpha value is -1.92. The first-order valence-corrected chi connectivity index (χ1v) is 33.3. The van der Waals surface area contributed by atoms with E-state index in [0.717, 1.165) is 51.4 Å². The van der Waals surface area contributed by atoms with E-state index in [0.29, 0.717) is 19.4 Å². The predicted molar refractivity (Wildman–Crippen MR) is 324 cm³/mol. The Balaban J connectivity index is 3.42. The van der Waals surface area contributed by atoms with Crippen molar-refractivity contribution < 1.29 is 24.5 Å². The highest BCUT2D eigenvalue weighted by Crippen LogP contribution is 2.18. The minimum Gasteiger partial charge on any atom is -0.466 e. The highest BCUT2D eigenvalue weighted by molar-refractivity contribution is 5.76. The third-order valence-electron chi connectivity index (χ3n) is 15.4. The van der Waals surface area contributed by atoms with Gasteiger partial charge in [-0.3, -0.25) is 9.59 Å². The van der Waals surface area contributed by atoms with E-state index in [2.05, 4.69) is 43.5 Å². The first-order chi connectivity index (χ1) is 36.5. The Bertz CT molecular complexity index is 1200. The summed E-state index contributed by atoms with van der Waals surface area (Å²) < 4.78 is 5.50. The van der Waals surface area contributed by atoms with E-state index in [4.69, 9.17) is 4.74 Å². The summed E-state index contributed by atoms with van der Waals surface area (Å²) in [6.45, 7) is 4.90. The number of carbonyl (C=O) groups is 2. The van der Waals surface area contributed by atoms with Crippen molar-refractivity contribution in [1.82, 2.24) is 5.32 Å². The maximum absolute atomic E-state index is 12.5. The molecule has 0 aliphatic carbocycles. The van der Waals surface area contributed by atoms with Crippen LogP contribution in [-0.4, -0.2) is 47.4 Å². The van der Waals surface area contributed by atoms with Crippen molar-refractivity contribution in [3.8, 4) is 0 Å². The number of unbranched alkanes of at least 4 members (excludes halogenated alkanes) is 47. The van der Waals surface area contributed by atoms with Crippen molar-refractivity contribution in [2.24, 2.45) is 0 Å². The lowest BCUT2D eigenvalue weighted by molar-refractivity contribution is -0.143. The molecule has 0 aliphatic heterocycles. The maximum atomic E-state index is 12.5. The van der Waals surface area contributed by atoms with Crippen LogP contribution in [0.5, 0.6) is 0 Å².